The smallest absolute Gasteiger partial charge is 0.248 e. The van der Waals surface area contributed by atoms with Crippen molar-refractivity contribution in [2.45, 2.75) is 22.9 Å². The highest BCUT2D eigenvalue weighted by Gasteiger charge is 2.21. The maximum absolute atomic E-state index is 11.4. The normalized spacial score (nSPS) is 13.8. The highest BCUT2D eigenvalue weighted by molar-refractivity contribution is 7.99. The summed E-state index contributed by atoms with van der Waals surface area (Å²) >= 11 is 1.44. The number of rotatable bonds is 10. The van der Waals surface area contributed by atoms with Gasteiger partial charge in [-0.3, -0.25) is 14.5 Å². The minimum atomic E-state index is -0.472. The summed E-state index contributed by atoms with van der Waals surface area (Å²) in [6, 6.07) is 18.2. The number of carbonyl (C=O) groups excluding carboxylic acids is 2. The average molecular weight is 530 g/mol. The van der Waals surface area contributed by atoms with Gasteiger partial charge in [0.1, 0.15) is 18.7 Å². The second-order valence-corrected chi connectivity index (χ2v) is 9.94. The van der Waals surface area contributed by atoms with Gasteiger partial charge in [-0.15, -0.1) is 0 Å². The predicted molar refractivity (Wildman–Crippen MR) is 143 cm³/mol. The third kappa shape index (κ3) is 6.39. The van der Waals surface area contributed by atoms with Gasteiger partial charge in [-0.25, -0.2) is 4.98 Å². The van der Waals surface area contributed by atoms with Crippen LogP contribution < -0.4 is 15.4 Å². The van der Waals surface area contributed by atoms with E-state index >= 15 is 0 Å². The number of hydrogen-bond acceptors (Lipinski definition) is 9. The topological polar surface area (TPSA) is 115 Å². The quantitative estimate of drug-likeness (QED) is 0.304. The Balaban J connectivity index is 1.33. The molecule has 2 N–H and O–H groups in total. The molecule has 10 heteroatoms. The van der Waals surface area contributed by atoms with Gasteiger partial charge < -0.3 is 19.8 Å². The number of nitrogens with zero attached hydrogens (tertiary/aromatic N) is 4. The lowest BCUT2D eigenvalue weighted by atomic mass is 10.1. The first-order valence-electron chi connectivity index (χ1n) is 12.2. The molecule has 3 heterocycles. The molecule has 1 aliphatic rings. The molecule has 4 aromatic rings. The van der Waals surface area contributed by atoms with E-state index in [1.54, 1.807) is 36.7 Å². The third-order valence-corrected chi connectivity index (χ3v) is 7.16. The summed E-state index contributed by atoms with van der Waals surface area (Å²) in [5.74, 6) is 1.54. The molecule has 5 rings (SSSR count). The Morgan fingerprint density at radius 2 is 1.89 bits per heavy atom. The number of primary amides is 1. The second kappa shape index (κ2) is 11.9. The summed E-state index contributed by atoms with van der Waals surface area (Å²) in [5, 5.41) is 0. The Bertz CT molecular complexity index is 1390. The second-order valence-electron chi connectivity index (χ2n) is 8.82. The molecule has 1 aliphatic heterocycles. The molecule has 0 radical (unpaired) electrons. The molecular weight excluding hydrogens is 502 g/mol. The summed E-state index contributed by atoms with van der Waals surface area (Å²) in [7, 11) is 0. The van der Waals surface area contributed by atoms with Crippen molar-refractivity contribution in [3.05, 3.63) is 95.6 Å². The Labute approximate surface area is 224 Å². The minimum absolute atomic E-state index is 0.253. The van der Waals surface area contributed by atoms with Crippen molar-refractivity contribution < 1.29 is 18.7 Å². The molecule has 0 saturated carbocycles. The Morgan fingerprint density at radius 3 is 2.61 bits per heavy atom. The standard InChI is InChI=1S/C28H27N5O4S/c29-26(35)22-6-8-24(9-7-22)38-25-16-30-28(31-27(25)37-19-21-4-1-3-20(15-21)18-34)33-12-10-32(11-13-33)17-23-5-2-14-36-23/h1-9,14-16,18H,10-13,17,19H2,(H2,29,35). The summed E-state index contributed by atoms with van der Waals surface area (Å²) in [5.41, 5.74) is 7.26. The van der Waals surface area contributed by atoms with Gasteiger partial charge in [0, 0.05) is 42.2 Å². The van der Waals surface area contributed by atoms with Crippen LogP contribution in [0.5, 0.6) is 5.88 Å². The van der Waals surface area contributed by atoms with E-state index in [9.17, 15) is 9.59 Å². The fourth-order valence-electron chi connectivity index (χ4n) is 4.12. The van der Waals surface area contributed by atoms with Gasteiger partial charge in [-0.1, -0.05) is 30.0 Å². The molecule has 2 aromatic heterocycles. The van der Waals surface area contributed by atoms with E-state index in [0.717, 1.165) is 60.1 Å². The lowest BCUT2D eigenvalue weighted by Gasteiger charge is -2.34. The molecule has 9 nitrogen and oxygen atoms in total. The number of piperazine rings is 1. The van der Waals surface area contributed by atoms with Crippen LogP contribution in [0.4, 0.5) is 5.95 Å². The van der Waals surface area contributed by atoms with E-state index < -0.39 is 5.91 Å². The maximum Gasteiger partial charge on any atom is 0.248 e. The zero-order chi connectivity index (χ0) is 26.3. The number of hydrogen-bond donors (Lipinski definition) is 1. The van der Waals surface area contributed by atoms with Crippen LogP contribution in [-0.4, -0.2) is 53.2 Å². The molecule has 1 saturated heterocycles. The van der Waals surface area contributed by atoms with Crippen LogP contribution in [0.1, 0.15) is 32.0 Å². The molecule has 0 unspecified atom stereocenters. The van der Waals surface area contributed by atoms with Gasteiger partial charge in [-0.2, -0.15) is 4.98 Å². The summed E-state index contributed by atoms with van der Waals surface area (Å²) in [6.45, 7) is 4.32. The van der Waals surface area contributed by atoms with Gasteiger partial charge in [0.15, 0.2) is 0 Å². The van der Waals surface area contributed by atoms with Crippen LogP contribution in [0.15, 0.2) is 87.3 Å². The van der Waals surface area contributed by atoms with Crippen molar-refractivity contribution in [1.82, 2.24) is 14.9 Å². The van der Waals surface area contributed by atoms with Crippen molar-refractivity contribution in [2.24, 2.45) is 5.73 Å². The average Bonchev–Trinajstić information content (AvgIpc) is 3.46. The first-order chi connectivity index (χ1) is 18.6. The molecule has 0 bridgehead atoms. The molecular formula is C28H27N5O4S. The number of carbonyl (C=O) groups is 2. The molecule has 0 spiro atoms. The number of anilines is 1. The van der Waals surface area contributed by atoms with Crippen molar-refractivity contribution in [3.63, 3.8) is 0 Å². The van der Waals surface area contributed by atoms with Gasteiger partial charge >= 0.3 is 0 Å². The largest absolute Gasteiger partial charge is 0.472 e. The highest BCUT2D eigenvalue weighted by atomic mass is 32.2. The Morgan fingerprint density at radius 1 is 1.08 bits per heavy atom. The van der Waals surface area contributed by atoms with Crippen LogP contribution >= 0.6 is 11.8 Å². The fraction of sp³-hybridized carbons (Fsp3) is 0.214. The van der Waals surface area contributed by atoms with E-state index in [-0.39, 0.29) is 6.61 Å². The van der Waals surface area contributed by atoms with Crippen molar-refractivity contribution in [1.29, 1.82) is 0 Å². The number of furan rings is 1. The Kier molecular flexibility index (Phi) is 8.01. The molecule has 0 aliphatic carbocycles. The number of benzene rings is 2. The zero-order valence-corrected chi connectivity index (χ0v) is 21.5. The van der Waals surface area contributed by atoms with Gasteiger partial charge in [-0.05, 0) is 48.0 Å². The third-order valence-electron chi connectivity index (χ3n) is 6.15. The number of aldehydes is 1. The zero-order valence-electron chi connectivity index (χ0n) is 20.7. The maximum atomic E-state index is 11.4. The van der Waals surface area contributed by atoms with Crippen LogP contribution in [-0.2, 0) is 13.2 Å². The summed E-state index contributed by atoms with van der Waals surface area (Å²) < 4.78 is 11.6. The van der Waals surface area contributed by atoms with Crippen LogP contribution in [0, 0.1) is 0 Å². The van der Waals surface area contributed by atoms with E-state index in [4.69, 9.17) is 19.9 Å². The fourth-order valence-corrected chi connectivity index (χ4v) is 4.95. The van der Waals surface area contributed by atoms with E-state index in [1.807, 2.05) is 36.4 Å². The molecule has 2 aromatic carbocycles. The SMILES string of the molecule is NC(=O)c1ccc(Sc2cnc(N3CCN(Cc4ccco4)CC3)nc2OCc2cccc(C=O)c2)cc1. The van der Waals surface area contributed by atoms with Crippen molar-refractivity contribution >= 4 is 29.9 Å². The molecule has 0 atom stereocenters. The predicted octanol–water partition coefficient (Wildman–Crippen LogP) is 4.03. The van der Waals surface area contributed by atoms with Crippen LogP contribution in [0.2, 0.25) is 0 Å². The molecule has 1 fully saturated rings. The molecule has 1 amide bonds. The number of aromatic nitrogens is 2. The van der Waals surface area contributed by atoms with Gasteiger partial charge in [0.2, 0.25) is 17.7 Å². The number of nitrogens with two attached hydrogens (primary N) is 1. The van der Waals surface area contributed by atoms with Crippen molar-refractivity contribution in [3.8, 4) is 5.88 Å². The highest BCUT2D eigenvalue weighted by Crippen LogP contribution is 2.35. The lowest BCUT2D eigenvalue weighted by Crippen LogP contribution is -2.46. The van der Waals surface area contributed by atoms with Crippen LogP contribution in [0.25, 0.3) is 0 Å². The van der Waals surface area contributed by atoms with Gasteiger partial charge in [0.25, 0.3) is 0 Å². The number of ether oxygens (including phenoxy) is 1. The first kappa shape index (κ1) is 25.5. The number of amides is 1. The monoisotopic (exact) mass is 529 g/mol. The summed E-state index contributed by atoms with van der Waals surface area (Å²) in [4.78, 5) is 38.2. The Hall–Kier alpha value is -4.15. The van der Waals surface area contributed by atoms with Crippen LogP contribution in [0.3, 0.4) is 0 Å². The van der Waals surface area contributed by atoms with E-state index in [1.165, 1.54) is 11.8 Å². The van der Waals surface area contributed by atoms with Crippen molar-refractivity contribution in [2.75, 3.05) is 31.1 Å². The summed E-state index contributed by atoms with van der Waals surface area (Å²) in [6.07, 6.45) is 4.28. The lowest BCUT2D eigenvalue weighted by molar-refractivity contribution is 0.0999. The molecule has 194 valence electrons. The van der Waals surface area contributed by atoms with Gasteiger partial charge in [0.05, 0.1) is 23.9 Å². The van der Waals surface area contributed by atoms with E-state index in [2.05, 4.69) is 14.8 Å². The molecule has 38 heavy (non-hydrogen) atoms. The van der Waals surface area contributed by atoms with E-state index in [0.29, 0.717) is 23.0 Å². The minimum Gasteiger partial charge on any atom is -0.472 e. The first-order valence-corrected chi connectivity index (χ1v) is 13.0.